The molecule has 78 valence electrons. The molecule has 1 aromatic heterocycles. The van der Waals surface area contributed by atoms with E-state index < -0.39 is 11.6 Å². The predicted octanol–water partition coefficient (Wildman–Crippen LogP) is 2.28. The minimum atomic E-state index is -0.964. The first-order valence-corrected chi connectivity index (χ1v) is 4.67. The third kappa shape index (κ3) is 1.70. The summed E-state index contributed by atoms with van der Waals surface area (Å²) in [4.78, 5) is 0. The Kier molecular flexibility index (Phi) is 2.64. The molecule has 0 fully saturated rings. The Balaban J connectivity index is 2.59. The van der Waals surface area contributed by atoms with Crippen LogP contribution in [0.5, 0.6) is 0 Å². The highest BCUT2D eigenvalue weighted by Crippen LogP contribution is 2.17. The number of nitrogens with zero attached hydrogens (tertiary/aromatic N) is 3. The van der Waals surface area contributed by atoms with Gasteiger partial charge in [0.15, 0.2) is 11.6 Å². The van der Waals surface area contributed by atoms with Gasteiger partial charge in [0, 0.05) is 0 Å². The van der Waals surface area contributed by atoms with Gasteiger partial charge in [-0.2, -0.15) is 0 Å². The number of rotatable bonds is 2. The van der Waals surface area contributed by atoms with Crippen LogP contribution in [0.15, 0.2) is 24.4 Å². The molecule has 0 N–H and O–H groups in total. The molecular weight excluding hydrogens is 224 g/mol. The summed E-state index contributed by atoms with van der Waals surface area (Å²) >= 11 is 5.60. The van der Waals surface area contributed by atoms with E-state index in [0.29, 0.717) is 5.69 Å². The lowest BCUT2D eigenvalue weighted by Crippen LogP contribution is -2.04. The fourth-order valence-corrected chi connectivity index (χ4v) is 1.39. The predicted molar refractivity (Wildman–Crippen MR) is 50.8 cm³/mol. The van der Waals surface area contributed by atoms with Gasteiger partial charge in [-0.25, -0.2) is 13.5 Å². The summed E-state index contributed by atoms with van der Waals surface area (Å²) in [6.45, 7) is 0. The Hall–Kier alpha value is -1.49. The Bertz CT molecular complexity index is 484. The maximum atomic E-state index is 13.4. The van der Waals surface area contributed by atoms with Crippen LogP contribution in [-0.4, -0.2) is 15.0 Å². The lowest BCUT2D eigenvalue weighted by atomic mass is 10.3. The van der Waals surface area contributed by atoms with Crippen molar-refractivity contribution in [2.24, 2.45) is 0 Å². The Labute approximate surface area is 89.3 Å². The van der Waals surface area contributed by atoms with Crippen LogP contribution in [0.3, 0.4) is 0 Å². The van der Waals surface area contributed by atoms with Crippen molar-refractivity contribution in [2.75, 3.05) is 0 Å². The second kappa shape index (κ2) is 3.94. The van der Waals surface area contributed by atoms with Gasteiger partial charge in [0.2, 0.25) is 0 Å². The van der Waals surface area contributed by atoms with Crippen molar-refractivity contribution in [3.63, 3.8) is 0 Å². The number of hydrogen-bond acceptors (Lipinski definition) is 2. The van der Waals surface area contributed by atoms with Crippen LogP contribution in [0.1, 0.15) is 5.69 Å². The van der Waals surface area contributed by atoms with Crippen LogP contribution in [0.2, 0.25) is 0 Å². The van der Waals surface area contributed by atoms with Crippen molar-refractivity contribution >= 4 is 11.6 Å². The van der Waals surface area contributed by atoms with E-state index in [1.807, 2.05) is 0 Å². The molecule has 1 aromatic carbocycles. The van der Waals surface area contributed by atoms with Crippen molar-refractivity contribution in [3.8, 4) is 5.69 Å². The van der Waals surface area contributed by atoms with Gasteiger partial charge >= 0.3 is 0 Å². The maximum Gasteiger partial charge on any atom is 0.184 e. The van der Waals surface area contributed by atoms with Crippen LogP contribution < -0.4 is 0 Å². The SMILES string of the molecule is Fc1cccc(-n2nncc2CCl)c1F. The zero-order valence-corrected chi connectivity index (χ0v) is 8.25. The fourth-order valence-electron chi connectivity index (χ4n) is 1.21. The van der Waals surface area contributed by atoms with E-state index in [2.05, 4.69) is 10.3 Å². The van der Waals surface area contributed by atoms with Gasteiger partial charge in [-0.05, 0) is 12.1 Å². The van der Waals surface area contributed by atoms with Gasteiger partial charge in [0.05, 0.1) is 17.8 Å². The molecule has 1 heterocycles. The number of halogens is 3. The minimum absolute atomic E-state index is 0.00292. The number of alkyl halides is 1. The molecule has 2 rings (SSSR count). The zero-order chi connectivity index (χ0) is 10.8. The van der Waals surface area contributed by atoms with Crippen molar-refractivity contribution in [3.05, 3.63) is 41.7 Å². The summed E-state index contributed by atoms with van der Waals surface area (Å²) in [5.41, 5.74) is 0.504. The fraction of sp³-hybridized carbons (Fsp3) is 0.111. The van der Waals surface area contributed by atoms with E-state index >= 15 is 0 Å². The molecule has 0 aliphatic carbocycles. The summed E-state index contributed by atoms with van der Waals surface area (Å²) in [5, 5.41) is 7.21. The molecule has 0 unspecified atom stereocenters. The van der Waals surface area contributed by atoms with Crippen molar-refractivity contribution in [2.45, 2.75) is 5.88 Å². The molecule has 2 aromatic rings. The van der Waals surface area contributed by atoms with Crippen LogP contribution >= 0.6 is 11.6 Å². The largest absolute Gasteiger partial charge is 0.213 e. The van der Waals surface area contributed by atoms with Gasteiger partial charge in [-0.1, -0.05) is 11.3 Å². The third-order valence-corrected chi connectivity index (χ3v) is 2.19. The molecule has 0 aliphatic rings. The number of aromatic nitrogens is 3. The first-order chi connectivity index (χ1) is 7.24. The minimum Gasteiger partial charge on any atom is -0.213 e. The van der Waals surface area contributed by atoms with Gasteiger partial charge in [0.1, 0.15) is 5.69 Å². The maximum absolute atomic E-state index is 13.4. The standard InChI is InChI=1S/C9H6ClF2N3/c10-4-6-5-13-14-15(6)8-3-1-2-7(11)9(8)12/h1-3,5H,4H2. The second-order valence-corrected chi connectivity index (χ2v) is 3.11. The average molecular weight is 230 g/mol. The number of benzene rings is 1. The molecule has 0 radical (unpaired) electrons. The zero-order valence-electron chi connectivity index (χ0n) is 7.49. The summed E-state index contributed by atoms with van der Waals surface area (Å²) in [7, 11) is 0. The van der Waals surface area contributed by atoms with Gasteiger partial charge in [-0.15, -0.1) is 16.7 Å². The van der Waals surface area contributed by atoms with Crippen LogP contribution in [0.25, 0.3) is 5.69 Å². The first-order valence-electron chi connectivity index (χ1n) is 4.14. The van der Waals surface area contributed by atoms with Crippen LogP contribution in [0.4, 0.5) is 8.78 Å². The van der Waals surface area contributed by atoms with Crippen LogP contribution in [-0.2, 0) is 5.88 Å². The van der Waals surface area contributed by atoms with Crippen molar-refractivity contribution in [1.82, 2.24) is 15.0 Å². The van der Waals surface area contributed by atoms with Crippen LogP contribution in [0, 0.1) is 11.6 Å². The molecule has 0 spiro atoms. The third-order valence-electron chi connectivity index (χ3n) is 1.92. The van der Waals surface area contributed by atoms with Gasteiger partial charge in [-0.3, -0.25) is 0 Å². The topological polar surface area (TPSA) is 30.7 Å². The summed E-state index contributed by atoms with van der Waals surface area (Å²) in [6.07, 6.45) is 1.40. The molecule has 0 bridgehead atoms. The van der Waals surface area contributed by atoms with Crippen molar-refractivity contribution < 1.29 is 8.78 Å². The molecule has 3 nitrogen and oxygen atoms in total. The molecule has 0 saturated carbocycles. The molecule has 15 heavy (non-hydrogen) atoms. The lowest BCUT2D eigenvalue weighted by molar-refractivity contribution is 0.499. The number of hydrogen-bond donors (Lipinski definition) is 0. The average Bonchev–Trinajstić information content (AvgIpc) is 2.70. The summed E-state index contributed by atoms with van der Waals surface area (Å²) in [5.74, 6) is -1.76. The summed E-state index contributed by atoms with van der Waals surface area (Å²) in [6, 6.07) is 3.84. The van der Waals surface area contributed by atoms with E-state index in [9.17, 15) is 8.78 Å². The highest BCUT2D eigenvalue weighted by atomic mass is 35.5. The molecular formula is C9H6ClF2N3. The Morgan fingerprint density at radius 1 is 1.33 bits per heavy atom. The monoisotopic (exact) mass is 229 g/mol. The van der Waals surface area contributed by atoms with E-state index in [4.69, 9.17) is 11.6 Å². The normalized spacial score (nSPS) is 10.6. The van der Waals surface area contributed by atoms with E-state index in [1.165, 1.54) is 23.0 Å². The summed E-state index contributed by atoms with van der Waals surface area (Å²) < 4.78 is 27.5. The van der Waals surface area contributed by atoms with E-state index in [1.54, 1.807) is 0 Å². The molecule has 6 heteroatoms. The smallest absolute Gasteiger partial charge is 0.184 e. The van der Waals surface area contributed by atoms with Gasteiger partial charge in [0.25, 0.3) is 0 Å². The highest BCUT2D eigenvalue weighted by molar-refractivity contribution is 6.16. The Morgan fingerprint density at radius 3 is 2.87 bits per heavy atom. The van der Waals surface area contributed by atoms with Gasteiger partial charge < -0.3 is 0 Å². The van der Waals surface area contributed by atoms with E-state index in [-0.39, 0.29) is 11.6 Å². The molecule has 0 saturated heterocycles. The van der Waals surface area contributed by atoms with Crippen molar-refractivity contribution in [1.29, 1.82) is 0 Å². The lowest BCUT2D eigenvalue weighted by Gasteiger charge is -2.05. The quantitative estimate of drug-likeness (QED) is 0.740. The molecule has 0 aliphatic heterocycles. The first kappa shape index (κ1) is 10.0. The van der Waals surface area contributed by atoms with E-state index in [0.717, 1.165) is 6.07 Å². The molecule has 0 amide bonds. The Morgan fingerprint density at radius 2 is 2.13 bits per heavy atom. The molecule has 0 atom stereocenters. The second-order valence-electron chi connectivity index (χ2n) is 2.84. The highest BCUT2D eigenvalue weighted by Gasteiger charge is 2.12.